The van der Waals surface area contributed by atoms with Crippen molar-refractivity contribution in [3.05, 3.63) is 52.0 Å². The molecule has 0 radical (unpaired) electrons. The van der Waals surface area contributed by atoms with Crippen molar-refractivity contribution < 1.29 is 4.79 Å². The Kier molecular flexibility index (Phi) is 5.10. The first-order valence-corrected chi connectivity index (χ1v) is 10.4. The Hall–Kier alpha value is -2.41. The maximum Gasteiger partial charge on any atom is 0.274 e. The third-order valence-electron chi connectivity index (χ3n) is 5.37. The number of nitrogens with one attached hydrogen (secondary N) is 1. The Morgan fingerprint density at radius 2 is 2.00 bits per heavy atom. The first kappa shape index (κ1) is 18.9. The molecular formula is C21H24BrN5O. The zero-order valence-corrected chi connectivity index (χ0v) is 18.0. The quantitative estimate of drug-likeness (QED) is 0.644. The molecule has 0 unspecified atom stereocenters. The average molecular weight is 442 g/mol. The molecule has 4 rings (SSSR count). The summed E-state index contributed by atoms with van der Waals surface area (Å²) in [5, 5.41) is 2.96. The lowest BCUT2D eigenvalue weighted by molar-refractivity contribution is 0.102. The van der Waals surface area contributed by atoms with E-state index in [-0.39, 0.29) is 5.91 Å². The normalized spacial score (nSPS) is 15.2. The maximum atomic E-state index is 12.9. The van der Waals surface area contributed by atoms with E-state index in [1.807, 2.05) is 42.6 Å². The molecule has 146 valence electrons. The molecule has 28 heavy (non-hydrogen) atoms. The fraction of sp³-hybridized carbons (Fsp3) is 0.381. The minimum atomic E-state index is -0.191. The fourth-order valence-electron chi connectivity index (χ4n) is 3.73. The number of anilines is 2. The van der Waals surface area contributed by atoms with Gasteiger partial charge in [-0.3, -0.25) is 9.20 Å². The van der Waals surface area contributed by atoms with Gasteiger partial charge in [0.25, 0.3) is 5.91 Å². The highest BCUT2D eigenvalue weighted by atomic mass is 79.9. The van der Waals surface area contributed by atoms with E-state index in [0.717, 1.165) is 40.5 Å². The van der Waals surface area contributed by atoms with Crippen LogP contribution in [-0.4, -0.2) is 33.4 Å². The van der Waals surface area contributed by atoms with Crippen LogP contribution in [0.15, 0.2) is 35.1 Å². The van der Waals surface area contributed by atoms with Crippen LogP contribution in [0.3, 0.4) is 0 Å². The topological polar surface area (TPSA) is 62.5 Å². The van der Waals surface area contributed by atoms with E-state index in [1.165, 1.54) is 12.8 Å². The first-order chi connectivity index (χ1) is 13.4. The molecule has 1 saturated heterocycles. The Labute approximate surface area is 173 Å². The molecule has 7 heteroatoms. The number of fused-ring (bicyclic) bond motifs is 1. The van der Waals surface area contributed by atoms with E-state index in [1.54, 1.807) is 6.20 Å². The monoisotopic (exact) mass is 441 g/mol. The average Bonchev–Trinajstić information content (AvgIpc) is 2.99. The molecule has 3 aromatic rings. The van der Waals surface area contributed by atoms with Gasteiger partial charge in [0.05, 0.1) is 17.6 Å². The molecule has 0 spiro atoms. The highest BCUT2D eigenvalue weighted by molar-refractivity contribution is 9.10. The number of piperidine rings is 1. The highest BCUT2D eigenvalue weighted by Gasteiger charge is 2.19. The van der Waals surface area contributed by atoms with Crippen LogP contribution in [0.5, 0.6) is 0 Å². The number of amides is 1. The Balaban J connectivity index is 1.54. The summed E-state index contributed by atoms with van der Waals surface area (Å²) in [7, 11) is 0. The van der Waals surface area contributed by atoms with Gasteiger partial charge in [-0.2, -0.15) is 0 Å². The van der Waals surface area contributed by atoms with Crippen molar-refractivity contribution in [1.82, 2.24) is 14.4 Å². The molecule has 1 aliphatic heterocycles. The van der Waals surface area contributed by atoms with Gasteiger partial charge in [0, 0.05) is 23.8 Å². The van der Waals surface area contributed by atoms with Crippen molar-refractivity contribution in [2.75, 3.05) is 23.3 Å². The molecule has 4 heterocycles. The summed E-state index contributed by atoms with van der Waals surface area (Å²) < 4.78 is 2.74. The Morgan fingerprint density at radius 3 is 2.68 bits per heavy atom. The van der Waals surface area contributed by atoms with Gasteiger partial charge in [0.1, 0.15) is 17.2 Å². The number of aryl methyl sites for hydroxylation is 2. The number of halogens is 1. The number of imidazole rings is 1. The number of rotatable bonds is 3. The van der Waals surface area contributed by atoms with Crippen LogP contribution in [0, 0.1) is 19.8 Å². The predicted molar refractivity (Wildman–Crippen MR) is 115 cm³/mol. The lowest BCUT2D eigenvalue weighted by atomic mass is 9.99. The third kappa shape index (κ3) is 3.63. The van der Waals surface area contributed by atoms with Gasteiger partial charge in [-0.1, -0.05) is 6.92 Å². The Bertz CT molecular complexity index is 1020. The number of carbonyl (C=O) groups is 1. The minimum absolute atomic E-state index is 0.191. The summed E-state index contributed by atoms with van der Waals surface area (Å²) in [4.78, 5) is 24.3. The van der Waals surface area contributed by atoms with Crippen molar-refractivity contribution in [2.45, 2.75) is 33.6 Å². The summed E-state index contributed by atoms with van der Waals surface area (Å²) in [6.07, 6.45) is 5.99. The molecular weight excluding hydrogens is 418 g/mol. The van der Waals surface area contributed by atoms with Crippen LogP contribution in [-0.2, 0) is 0 Å². The molecule has 0 atom stereocenters. The molecule has 1 N–H and O–H groups in total. The van der Waals surface area contributed by atoms with Crippen LogP contribution in [0.25, 0.3) is 5.65 Å². The van der Waals surface area contributed by atoms with Gasteiger partial charge in [0.2, 0.25) is 0 Å². The Morgan fingerprint density at radius 1 is 1.25 bits per heavy atom. The van der Waals surface area contributed by atoms with Gasteiger partial charge < -0.3 is 10.2 Å². The van der Waals surface area contributed by atoms with E-state index in [4.69, 9.17) is 0 Å². The summed E-state index contributed by atoms with van der Waals surface area (Å²) in [5.41, 5.74) is 3.72. The molecule has 0 aromatic carbocycles. The van der Waals surface area contributed by atoms with Crippen molar-refractivity contribution in [2.24, 2.45) is 5.92 Å². The number of pyridine rings is 2. The second kappa shape index (κ2) is 7.54. The number of hydrogen-bond acceptors (Lipinski definition) is 4. The minimum Gasteiger partial charge on any atom is -0.357 e. The van der Waals surface area contributed by atoms with E-state index < -0.39 is 0 Å². The van der Waals surface area contributed by atoms with E-state index >= 15 is 0 Å². The third-order valence-corrected chi connectivity index (χ3v) is 5.81. The van der Waals surface area contributed by atoms with Gasteiger partial charge >= 0.3 is 0 Å². The predicted octanol–water partition coefficient (Wildman–Crippen LogP) is 4.60. The standard InChI is InChI=1S/C21H24BrN5O/c1-13-6-8-26(9-7-13)18-5-4-17(11-23-18)25-21(28)19-15(3)24-20-14(2)10-16(22)12-27(19)20/h4-5,10-13H,6-9H2,1-3H3,(H,25,28). The summed E-state index contributed by atoms with van der Waals surface area (Å²) in [6.45, 7) is 8.21. The molecule has 6 nitrogen and oxygen atoms in total. The zero-order valence-electron chi connectivity index (χ0n) is 16.4. The SMILES string of the molecule is Cc1nc2c(C)cc(Br)cn2c1C(=O)Nc1ccc(N2CCC(C)CC2)nc1. The van der Waals surface area contributed by atoms with Gasteiger partial charge in [-0.15, -0.1) is 0 Å². The van der Waals surface area contributed by atoms with Crippen molar-refractivity contribution in [1.29, 1.82) is 0 Å². The van der Waals surface area contributed by atoms with Crippen molar-refractivity contribution in [3.8, 4) is 0 Å². The summed E-state index contributed by atoms with van der Waals surface area (Å²) >= 11 is 3.50. The van der Waals surface area contributed by atoms with Gasteiger partial charge in [-0.25, -0.2) is 9.97 Å². The van der Waals surface area contributed by atoms with Crippen LogP contribution in [0.2, 0.25) is 0 Å². The molecule has 3 aromatic heterocycles. The van der Waals surface area contributed by atoms with Crippen LogP contribution < -0.4 is 10.2 Å². The van der Waals surface area contributed by atoms with E-state index in [9.17, 15) is 4.79 Å². The largest absolute Gasteiger partial charge is 0.357 e. The van der Waals surface area contributed by atoms with Crippen molar-refractivity contribution >= 4 is 39.0 Å². The molecule has 1 amide bonds. The van der Waals surface area contributed by atoms with Crippen LogP contribution in [0.4, 0.5) is 11.5 Å². The second-order valence-electron chi connectivity index (χ2n) is 7.61. The maximum absolute atomic E-state index is 12.9. The van der Waals surface area contributed by atoms with Crippen LogP contribution >= 0.6 is 15.9 Å². The molecule has 0 bridgehead atoms. The van der Waals surface area contributed by atoms with Gasteiger partial charge in [-0.05, 0) is 72.3 Å². The summed E-state index contributed by atoms with van der Waals surface area (Å²) in [6, 6.07) is 5.89. The fourth-order valence-corrected chi connectivity index (χ4v) is 4.28. The summed E-state index contributed by atoms with van der Waals surface area (Å²) in [5.74, 6) is 1.56. The number of carbonyl (C=O) groups excluding carboxylic acids is 1. The molecule has 0 saturated carbocycles. The molecule has 1 fully saturated rings. The van der Waals surface area contributed by atoms with Crippen LogP contribution in [0.1, 0.15) is 41.5 Å². The second-order valence-corrected chi connectivity index (χ2v) is 8.53. The van der Waals surface area contributed by atoms with Gasteiger partial charge in [0.15, 0.2) is 0 Å². The lowest BCUT2D eigenvalue weighted by Crippen LogP contribution is -2.33. The zero-order chi connectivity index (χ0) is 19.8. The highest BCUT2D eigenvalue weighted by Crippen LogP contribution is 2.24. The molecule has 1 aliphatic rings. The first-order valence-electron chi connectivity index (χ1n) is 9.59. The number of nitrogens with zero attached hydrogens (tertiary/aromatic N) is 4. The van der Waals surface area contributed by atoms with E-state index in [0.29, 0.717) is 17.1 Å². The van der Waals surface area contributed by atoms with E-state index in [2.05, 4.69) is 43.0 Å². The smallest absolute Gasteiger partial charge is 0.274 e. The number of hydrogen-bond donors (Lipinski definition) is 1. The molecule has 0 aliphatic carbocycles. The van der Waals surface area contributed by atoms with Crippen molar-refractivity contribution in [3.63, 3.8) is 0 Å². The number of aromatic nitrogens is 3. The lowest BCUT2D eigenvalue weighted by Gasteiger charge is -2.31.